The van der Waals surface area contributed by atoms with Crippen LogP contribution in [-0.2, 0) is 9.97 Å². The number of hydrogen-bond acceptors (Lipinski definition) is 1. The molecule has 0 saturated heterocycles. The molecule has 0 unspecified atom stereocenters. The van der Waals surface area contributed by atoms with E-state index in [0.717, 1.165) is 10.3 Å². The van der Waals surface area contributed by atoms with Crippen molar-refractivity contribution in [3.8, 4) is 0 Å². The Balaban J connectivity index is 2.15. The molecule has 1 heterocycles. The van der Waals surface area contributed by atoms with Gasteiger partial charge in [-0.1, -0.05) is 114 Å². The Labute approximate surface area is 167 Å². The van der Waals surface area contributed by atoms with E-state index in [1.54, 1.807) is 0 Å². The summed E-state index contributed by atoms with van der Waals surface area (Å²) in [6.45, 7) is 0. The summed E-state index contributed by atoms with van der Waals surface area (Å²) in [5, 5.41) is 0. The van der Waals surface area contributed by atoms with Gasteiger partial charge in [-0.15, -0.1) is 0 Å². The van der Waals surface area contributed by atoms with Crippen molar-refractivity contribution < 1.29 is 0 Å². The normalized spacial score (nSPS) is 11.4. The zero-order chi connectivity index (χ0) is 17.8. The van der Waals surface area contributed by atoms with Gasteiger partial charge in [-0.3, -0.25) is 0 Å². The third-order valence-corrected chi connectivity index (χ3v) is 5.46. The maximum absolute atomic E-state index is 4.63. The van der Waals surface area contributed by atoms with Gasteiger partial charge in [-0.25, -0.2) is 4.98 Å². The molecule has 0 aliphatic carbocycles. The standard InChI is InChI=1S/C23H19IN2/c24-18-22-25-16-17-26(22)23(19-10-4-1-5-11-19,20-12-6-2-7-13-20)21-14-8-3-9-15-21/h1-17H,18H2. The highest BCUT2D eigenvalue weighted by Gasteiger charge is 2.39. The first-order chi connectivity index (χ1) is 12.9. The molecular formula is C23H19IN2. The maximum Gasteiger partial charge on any atom is 0.121 e. The molecule has 4 aromatic rings. The van der Waals surface area contributed by atoms with Crippen molar-refractivity contribution in [2.24, 2.45) is 0 Å². The third-order valence-electron chi connectivity index (χ3n) is 4.77. The molecule has 3 heteroatoms. The third kappa shape index (κ3) is 2.76. The van der Waals surface area contributed by atoms with Crippen molar-refractivity contribution in [1.82, 2.24) is 9.55 Å². The van der Waals surface area contributed by atoms with Gasteiger partial charge in [0.15, 0.2) is 0 Å². The van der Waals surface area contributed by atoms with Crippen LogP contribution in [0, 0.1) is 0 Å². The van der Waals surface area contributed by atoms with E-state index in [9.17, 15) is 0 Å². The molecule has 0 bridgehead atoms. The first-order valence-electron chi connectivity index (χ1n) is 8.62. The summed E-state index contributed by atoms with van der Waals surface area (Å²) < 4.78 is 3.17. The number of hydrogen-bond donors (Lipinski definition) is 0. The first-order valence-corrected chi connectivity index (χ1v) is 10.1. The number of halogens is 1. The highest BCUT2D eigenvalue weighted by Crippen LogP contribution is 2.41. The molecule has 0 saturated carbocycles. The Morgan fingerprint density at radius 2 is 1.12 bits per heavy atom. The Morgan fingerprint density at radius 1 is 0.692 bits per heavy atom. The Kier molecular flexibility index (Phi) is 4.89. The Morgan fingerprint density at radius 3 is 1.50 bits per heavy atom. The summed E-state index contributed by atoms with van der Waals surface area (Å²) in [6.07, 6.45) is 4.00. The average molecular weight is 450 g/mol. The summed E-state index contributed by atoms with van der Waals surface area (Å²) in [4.78, 5) is 4.63. The van der Waals surface area contributed by atoms with E-state index >= 15 is 0 Å². The van der Waals surface area contributed by atoms with Crippen LogP contribution in [0.15, 0.2) is 103 Å². The van der Waals surface area contributed by atoms with Gasteiger partial charge in [-0.2, -0.15) is 0 Å². The minimum Gasteiger partial charge on any atom is -0.316 e. The molecule has 0 fully saturated rings. The van der Waals surface area contributed by atoms with Crippen LogP contribution in [0.3, 0.4) is 0 Å². The lowest BCUT2D eigenvalue weighted by molar-refractivity contribution is 0.501. The van der Waals surface area contributed by atoms with Crippen LogP contribution in [-0.4, -0.2) is 9.55 Å². The van der Waals surface area contributed by atoms with Crippen LogP contribution in [0.5, 0.6) is 0 Å². The molecule has 4 rings (SSSR count). The first kappa shape index (κ1) is 17.0. The smallest absolute Gasteiger partial charge is 0.121 e. The summed E-state index contributed by atoms with van der Waals surface area (Å²) in [5.41, 5.74) is 3.21. The Hall–Kier alpha value is -2.40. The predicted molar refractivity (Wildman–Crippen MR) is 115 cm³/mol. The molecule has 0 radical (unpaired) electrons. The van der Waals surface area contributed by atoms with Gasteiger partial charge in [0.2, 0.25) is 0 Å². The molecule has 0 aliphatic rings. The van der Waals surface area contributed by atoms with E-state index in [2.05, 4.69) is 129 Å². The minimum absolute atomic E-state index is 0.458. The maximum atomic E-state index is 4.63. The fraction of sp³-hybridized carbons (Fsp3) is 0.0870. The number of benzene rings is 3. The summed E-state index contributed by atoms with van der Waals surface area (Å²) in [6, 6.07) is 32.1. The minimum atomic E-state index is -0.458. The largest absolute Gasteiger partial charge is 0.316 e. The molecule has 1 aromatic heterocycles. The molecule has 3 aromatic carbocycles. The fourth-order valence-corrected chi connectivity index (χ4v) is 4.26. The zero-order valence-electron chi connectivity index (χ0n) is 14.3. The van der Waals surface area contributed by atoms with Gasteiger partial charge >= 0.3 is 0 Å². The molecule has 0 atom stereocenters. The van der Waals surface area contributed by atoms with E-state index in [1.165, 1.54) is 16.7 Å². The lowest BCUT2D eigenvalue weighted by Crippen LogP contribution is -2.38. The number of nitrogens with zero attached hydrogens (tertiary/aromatic N) is 2. The van der Waals surface area contributed by atoms with Crippen molar-refractivity contribution in [3.05, 3.63) is 126 Å². The second-order valence-corrected chi connectivity index (χ2v) is 6.92. The van der Waals surface area contributed by atoms with Gasteiger partial charge in [0.05, 0.1) is 4.43 Å². The zero-order valence-corrected chi connectivity index (χ0v) is 16.5. The molecule has 0 amide bonds. The summed E-state index contributed by atoms with van der Waals surface area (Å²) in [5.74, 6) is 1.06. The number of rotatable bonds is 5. The van der Waals surface area contributed by atoms with Crippen LogP contribution in [0.2, 0.25) is 0 Å². The Bertz CT molecular complexity index is 866. The molecule has 26 heavy (non-hydrogen) atoms. The second kappa shape index (κ2) is 7.46. The van der Waals surface area contributed by atoms with Crippen LogP contribution in [0.1, 0.15) is 22.5 Å². The van der Waals surface area contributed by atoms with Crippen LogP contribution in [0.25, 0.3) is 0 Å². The molecule has 2 nitrogen and oxygen atoms in total. The van der Waals surface area contributed by atoms with Gasteiger partial charge in [0, 0.05) is 12.4 Å². The molecule has 0 N–H and O–H groups in total. The van der Waals surface area contributed by atoms with Crippen LogP contribution in [0.4, 0.5) is 0 Å². The van der Waals surface area contributed by atoms with E-state index in [-0.39, 0.29) is 0 Å². The molecule has 0 aliphatic heterocycles. The van der Waals surface area contributed by atoms with Crippen LogP contribution >= 0.6 is 22.6 Å². The topological polar surface area (TPSA) is 17.8 Å². The highest BCUT2D eigenvalue weighted by atomic mass is 127. The van der Waals surface area contributed by atoms with Crippen molar-refractivity contribution in [1.29, 1.82) is 0 Å². The highest BCUT2D eigenvalue weighted by molar-refractivity contribution is 14.1. The molecule has 0 spiro atoms. The second-order valence-electron chi connectivity index (χ2n) is 6.16. The monoisotopic (exact) mass is 450 g/mol. The van der Waals surface area contributed by atoms with Crippen molar-refractivity contribution in [3.63, 3.8) is 0 Å². The van der Waals surface area contributed by atoms with E-state index in [0.29, 0.717) is 0 Å². The van der Waals surface area contributed by atoms with E-state index < -0.39 is 5.54 Å². The van der Waals surface area contributed by atoms with Gasteiger partial charge in [-0.05, 0) is 16.7 Å². The quantitative estimate of drug-likeness (QED) is 0.218. The SMILES string of the molecule is ICc1nccn1C(c1ccccc1)(c1ccccc1)c1ccccc1. The number of alkyl halides is 1. The van der Waals surface area contributed by atoms with Crippen molar-refractivity contribution in [2.45, 2.75) is 9.97 Å². The van der Waals surface area contributed by atoms with Crippen molar-refractivity contribution in [2.75, 3.05) is 0 Å². The van der Waals surface area contributed by atoms with Crippen molar-refractivity contribution >= 4 is 22.6 Å². The fourth-order valence-electron chi connectivity index (χ4n) is 3.69. The lowest BCUT2D eigenvalue weighted by atomic mass is 9.76. The van der Waals surface area contributed by atoms with Gasteiger partial charge < -0.3 is 4.57 Å². The summed E-state index contributed by atoms with van der Waals surface area (Å²) in [7, 11) is 0. The van der Waals surface area contributed by atoms with E-state index in [4.69, 9.17) is 0 Å². The average Bonchev–Trinajstić information content (AvgIpc) is 3.20. The number of aromatic nitrogens is 2. The number of imidazole rings is 1. The predicted octanol–water partition coefficient (Wildman–Crippen LogP) is 5.66. The summed E-state index contributed by atoms with van der Waals surface area (Å²) >= 11 is 2.39. The van der Waals surface area contributed by atoms with Gasteiger partial charge in [0.1, 0.15) is 11.4 Å². The molecule has 128 valence electrons. The molecular weight excluding hydrogens is 431 g/mol. The van der Waals surface area contributed by atoms with Crippen LogP contribution < -0.4 is 0 Å². The lowest BCUT2D eigenvalue weighted by Gasteiger charge is -2.38. The van der Waals surface area contributed by atoms with E-state index in [1.807, 2.05) is 6.20 Å². The van der Waals surface area contributed by atoms with Gasteiger partial charge in [0.25, 0.3) is 0 Å².